The smallest absolute Gasteiger partial charge is 0.339 e. The standard InChI is InChI=1S/C19H21N3O3S/c1-11-17(19(24)25-4)12(2)20-18(11)14(23)9-22(3)10-16-21-13-7-5-6-8-15(13)26-16/h5-8,20H,9-10H2,1-4H3. The van der Waals surface area contributed by atoms with E-state index < -0.39 is 5.97 Å². The van der Waals surface area contributed by atoms with Crippen molar-refractivity contribution in [2.45, 2.75) is 20.4 Å². The lowest BCUT2D eigenvalue weighted by atomic mass is 10.1. The van der Waals surface area contributed by atoms with E-state index in [2.05, 4.69) is 9.97 Å². The van der Waals surface area contributed by atoms with Crippen molar-refractivity contribution in [2.24, 2.45) is 0 Å². The Morgan fingerprint density at radius 1 is 1.27 bits per heavy atom. The molecule has 0 saturated heterocycles. The monoisotopic (exact) mass is 371 g/mol. The van der Waals surface area contributed by atoms with Gasteiger partial charge < -0.3 is 9.72 Å². The molecule has 0 unspecified atom stereocenters. The van der Waals surface area contributed by atoms with E-state index in [0.717, 1.165) is 15.2 Å². The van der Waals surface area contributed by atoms with E-state index in [0.29, 0.717) is 29.1 Å². The van der Waals surface area contributed by atoms with Crippen LogP contribution in [0.2, 0.25) is 0 Å². The number of ether oxygens (including phenoxy) is 1. The average Bonchev–Trinajstić information content (AvgIpc) is 3.13. The van der Waals surface area contributed by atoms with Crippen LogP contribution < -0.4 is 0 Å². The molecule has 0 atom stereocenters. The van der Waals surface area contributed by atoms with Gasteiger partial charge in [-0.2, -0.15) is 0 Å². The zero-order chi connectivity index (χ0) is 18.8. The number of likely N-dealkylation sites (N-methyl/N-ethyl adjacent to an activating group) is 1. The molecule has 2 aromatic heterocycles. The lowest BCUT2D eigenvalue weighted by Gasteiger charge is -2.13. The van der Waals surface area contributed by atoms with Gasteiger partial charge in [0.25, 0.3) is 0 Å². The van der Waals surface area contributed by atoms with Gasteiger partial charge in [0.2, 0.25) is 0 Å². The minimum atomic E-state index is -0.432. The summed E-state index contributed by atoms with van der Waals surface area (Å²) in [5.41, 5.74) is 3.15. The number of benzene rings is 1. The fourth-order valence-corrected chi connectivity index (χ4v) is 4.08. The van der Waals surface area contributed by atoms with Gasteiger partial charge in [-0.1, -0.05) is 12.1 Å². The van der Waals surface area contributed by atoms with Crippen molar-refractivity contribution in [1.82, 2.24) is 14.9 Å². The van der Waals surface area contributed by atoms with Crippen molar-refractivity contribution in [3.63, 3.8) is 0 Å². The van der Waals surface area contributed by atoms with E-state index >= 15 is 0 Å². The minimum absolute atomic E-state index is 0.0654. The third-order valence-electron chi connectivity index (χ3n) is 4.26. The molecule has 6 nitrogen and oxygen atoms in total. The van der Waals surface area contributed by atoms with Crippen LogP contribution in [-0.2, 0) is 11.3 Å². The summed E-state index contributed by atoms with van der Waals surface area (Å²) in [7, 11) is 3.22. The van der Waals surface area contributed by atoms with Crippen LogP contribution in [0.3, 0.4) is 0 Å². The largest absolute Gasteiger partial charge is 0.465 e. The molecule has 7 heteroatoms. The Morgan fingerprint density at radius 2 is 2.00 bits per heavy atom. The molecule has 1 aromatic carbocycles. The Bertz CT molecular complexity index is 941. The van der Waals surface area contributed by atoms with Crippen molar-refractivity contribution in [3.05, 3.63) is 51.8 Å². The maximum Gasteiger partial charge on any atom is 0.339 e. The first kappa shape index (κ1) is 18.3. The number of fused-ring (bicyclic) bond motifs is 1. The molecule has 0 fully saturated rings. The molecule has 136 valence electrons. The number of esters is 1. The molecule has 0 saturated carbocycles. The molecule has 3 aromatic rings. The van der Waals surface area contributed by atoms with Gasteiger partial charge >= 0.3 is 5.97 Å². The van der Waals surface area contributed by atoms with Crippen LogP contribution >= 0.6 is 11.3 Å². The number of aromatic amines is 1. The number of Topliss-reactive ketones (excluding diaryl/α,β-unsaturated/α-hetero) is 1. The summed E-state index contributed by atoms with van der Waals surface area (Å²) >= 11 is 1.63. The first-order chi connectivity index (χ1) is 12.4. The van der Waals surface area contributed by atoms with Crippen molar-refractivity contribution >= 4 is 33.3 Å². The fourth-order valence-electron chi connectivity index (χ4n) is 3.04. The second-order valence-electron chi connectivity index (χ2n) is 6.29. The minimum Gasteiger partial charge on any atom is -0.465 e. The number of methoxy groups -OCH3 is 1. The normalized spacial score (nSPS) is 11.3. The lowest BCUT2D eigenvalue weighted by molar-refractivity contribution is 0.0599. The van der Waals surface area contributed by atoms with E-state index in [9.17, 15) is 9.59 Å². The predicted octanol–water partition coefficient (Wildman–Crippen LogP) is 3.34. The highest BCUT2D eigenvalue weighted by Gasteiger charge is 2.23. The molecule has 0 aliphatic heterocycles. The van der Waals surface area contributed by atoms with Gasteiger partial charge in [0, 0.05) is 5.69 Å². The number of carbonyl (C=O) groups excluding carboxylic acids is 2. The SMILES string of the molecule is COC(=O)c1c(C)[nH]c(C(=O)CN(C)Cc2nc3ccccc3s2)c1C. The Labute approximate surface area is 155 Å². The van der Waals surface area contributed by atoms with Crippen LogP contribution in [0.1, 0.15) is 37.1 Å². The summed E-state index contributed by atoms with van der Waals surface area (Å²) in [5, 5.41) is 0.969. The number of carbonyl (C=O) groups is 2. The van der Waals surface area contributed by atoms with Gasteiger partial charge in [-0.15, -0.1) is 11.3 Å². The Morgan fingerprint density at radius 3 is 2.69 bits per heavy atom. The number of aromatic nitrogens is 2. The van der Waals surface area contributed by atoms with Gasteiger partial charge in [0.15, 0.2) is 5.78 Å². The Kier molecular flexibility index (Phi) is 5.20. The van der Waals surface area contributed by atoms with Crippen LogP contribution in [0.25, 0.3) is 10.2 Å². The lowest BCUT2D eigenvalue weighted by Crippen LogP contribution is -2.26. The molecule has 26 heavy (non-hydrogen) atoms. The molecule has 1 N–H and O–H groups in total. The zero-order valence-corrected chi connectivity index (χ0v) is 16.1. The van der Waals surface area contributed by atoms with Crippen molar-refractivity contribution < 1.29 is 14.3 Å². The molecule has 0 amide bonds. The maximum atomic E-state index is 12.7. The summed E-state index contributed by atoms with van der Waals surface area (Å²) in [4.78, 5) is 34.1. The van der Waals surface area contributed by atoms with Crippen LogP contribution in [-0.4, -0.2) is 47.3 Å². The highest BCUT2D eigenvalue weighted by Crippen LogP contribution is 2.23. The van der Waals surface area contributed by atoms with Gasteiger partial charge in [0.05, 0.1) is 41.7 Å². The summed E-state index contributed by atoms with van der Waals surface area (Å²) in [6.45, 7) is 4.35. The summed E-state index contributed by atoms with van der Waals surface area (Å²) < 4.78 is 5.93. The van der Waals surface area contributed by atoms with Gasteiger partial charge in [0.1, 0.15) is 5.01 Å². The number of H-pyrrole nitrogens is 1. The van der Waals surface area contributed by atoms with Crippen LogP contribution in [0.15, 0.2) is 24.3 Å². The van der Waals surface area contributed by atoms with E-state index in [1.807, 2.05) is 36.2 Å². The van der Waals surface area contributed by atoms with Crippen LogP contribution in [0, 0.1) is 13.8 Å². The molecular formula is C19H21N3O3S. The summed E-state index contributed by atoms with van der Waals surface area (Å²) in [6, 6.07) is 7.99. The third kappa shape index (κ3) is 3.54. The van der Waals surface area contributed by atoms with Crippen LogP contribution in [0.5, 0.6) is 0 Å². The number of ketones is 1. The predicted molar refractivity (Wildman–Crippen MR) is 102 cm³/mol. The number of hydrogen-bond acceptors (Lipinski definition) is 6. The molecule has 0 spiro atoms. The molecule has 0 radical (unpaired) electrons. The molecule has 0 bridgehead atoms. The van der Waals surface area contributed by atoms with Crippen molar-refractivity contribution in [2.75, 3.05) is 20.7 Å². The molecule has 0 aliphatic rings. The third-order valence-corrected chi connectivity index (χ3v) is 5.28. The van der Waals surface area contributed by atoms with E-state index in [1.165, 1.54) is 7.11 Å². The first-order valence-electron chi connectivity index (χ1n) is 8.24. The van der Waals surface area contributed by atoms with Crippen molar-refractivity contribution in [3.8, 4) is 0 Å². The van der Waals surface area contributed by atoms with Crippen molar-refractivity contribution in [1.29, 1.82) is 0 Å². The maximum absolute atomic E-state index is 12.7. The summed E-state index contributed by atoms with van der Waals surface area (Å²) in [5.74, 6) is -0.498. The molecule has 0 aliphatic carbocycles. The highest BCUT2D eigenvalue weighted by molar-refractivity contribution is 7.18. The number of nitrogens with zero attached hydrogens (tertiary/aromatic N) is 2. The number of hydrogen-bond donors (Lipinski definition) is 1. The molecule has 2 heterocycles. The first-order valence-corrected chi connectivity index (χ1v) is 9.06. The van der Waals surface area contributed by atoms with Gasteiger partial charge in [-0.25, -0.2) is 9.78 Å². The Hall–Kier alpha value is -2.51. The summed E-state index contributed by atoms with van der Waals surface area (Å²) in [6.07, 6.45) is 0. The van der Waals surface area contributed by atoms with Gasteiger partial charge in [-0.05, 0) is 38.6 Å². The van der Waals surface area contributed by atoms with E-state index in [1.54, 1.807) is 25.2 Å². The fraction of sp³-hybridized carbons (Fsp3) is 0.316. The number of rotatable bonds is 6. The Balaban J connectivity index is 1.72. The van der Waals surface area contributed by atoms with Crippen LogP contribution in [0.4, 0.5) is 0 Å². The number of thiazole rings is 1. The molecule has 3 rings (SSSR count). The second-order valence-corrected chi connectivity index (χ2v) is 7.40. The number of nitrogens with one attached hydrogen (secondary N) is 1. The second kappa shape index (κ2) is 7.39. The highest BCUT2D eigenvalue weighted by atomic mass is 32.1. The topological polar surface area (TPSA) is 75.3 Å². The zero-order valence-electron chi connectivity index (χ0n) is 15.3. The number of para-hydroxylation sites is 1. The number of aryl methyl sites for hydroxylation is 1. The molecular weight excluding hydrogens is 350 g/mol. The average molecular weight is 371 g/mol. The van der Waals surface area contributed by atoms with E-state index in [4.69, 9.17) is 4.74 Å². The quantitative estimate of drug-likeness (QED) is 0.531. The van der Waals surface area contributed by atoms with E-state index in [-0.39, 0.29) is 12.3 Å². The van der Waals surface area contributed by atoms with Gasteiger partial charge in [-0.3, -0.25) is 9.69 Å².